The zero-order chi connectivity index (χ0) is 15.0. The molecule has 1 atom stereocenters. The van der Waals surface area contributed by atoms with E-state index in [1.54, 1.807) is 23.9 Å². The zero-order valence-corrected chi connectivity index (χ0v) is 12.1. The number of anilines is 1. The highest BCUT2D eigenvalue weighted by Crippen LogP contribution is 2.29. The standard InChI is InChI=1S/C14H14N2O4S/c1-21-9-4-2-8(3-5-9)15-13(18)11-12(17)10-6-20-7-16(10)14(11)19/h2-5,10,17H,6-7H2,1H3,(H,15,18). The van der Waals surface area contributed by atoms with Crippen LogP contribution < -0.4 is 5.32 Å². The lowest BCUT2D eigenvalue weighted by atomic mass is 10.2. The second-order valence-corrected chi connectivity index (χ2v) is 5.61. The van der Waals surface area contributed by atoms with Gasteiger partial charge in [-0.15, -0.1) is 11.8 Å². The molecule has 1 aromatic carbocycles. The van der Waals surface area contributed by atoms with Crippen molar-refractivity contribution in [3.05, 3.63) is 35.6 Å². The van der Waals surface area contributed by atoms with Crippen molar-refractivity contribution in [2.24, 2.45) is 0 Å². The van der Waals surface area contributed by atoms with Crippen molar-refractivity contribution in [1.82, 2.24) is 4.90 Å². The predicted octanol–water partition coefficient (Wildman–Crippen LogP) is 1.36. The van der Waals surface area contributed by atoms with Gasteiger partial charge < -0.3 is 20.1 Å². The van der Waals surface area contributed by atoms with Crippen molar-refractivity contribution in [2.45, 2.75) is 10.9 Å². The van der Waals surface area contributed by atoms with Crippen LogP contribution in [0.1, 0.15) is 0 Å². The fraction of sp³-hybridized carbons (Fsp3) is 0.286. The van der Waals surface area contributed by atoms with E-state index in [2.05, 4.69) is 5.32 Å². The SMILES string of the molecule is CSc1ccc(NC(=O)C2=C(O)C3COCN3C2=O)cc1. The summed E-state index contributed by atoms with van der Waals surface area (Å²) in [5.41, 5.74) is 0.381. The molecule has 0 saturated carbocycles. The van der Waals surface area contributed by atoms with Gasteiger partial charge in [-0.25, -0.2) is 0 Å². The highest BCUT2D eigenvalue weighted by atomic mass is 32.2. The molecule has 2 aliphatic heterocycles. The maximum atomic E-state index is 12.2. The largest absolute Gasteiger partial charge is 0.509 e. The lowest BCUT2D eigenvalue weighted by Gasteiger charge is -2.12. The highest BCUT2D eigenvalue weighted by molar-refractivity contribution is 7.98. The van der Waals surface area contributed by atoms with E-state index in [0.717, 1.165) is 4.90 Å². The average Bonchev–Trinajstić information content (AvgIpc) is 3.04. The van der Waals surface area contributed by atoms with Crippen LogP contribution in [0.3, 0.4) is 0 Å². The molecule has 2 N–H and O–H groups in total. The van der Waals surface area contributed by atoms with Crippen LogP contribution in [0.2, 0.25) is 0 Å². The van der Waals surface area contributed by atoms with Gasteiger partial charge in [-0.2, -0.15) is 0 Å². The van der Waals surface area contributed by atoms with E-state index in [4.69, 9.17) is 4.74 Å². The van der Waals surface area contributed by atoms with E-state index < -0.39 is 17.9 Å². The molecule has 1 aromatic rings. The van der Waals surface area contributed by atoms with Gasteiger partial charge in [0.15, 0.2) is 0 Å². The molecule has 0 bridgehead atoms. The third-order valence-electron chi connectivity index (χ3n) is 3.50. The Bertz CT molecular complexity index is 626. The van der Waals surface area contributed by atoms with Gasteiger partial charge in [-0.05, 0) is 30.5 Å². The second-order valence-electron chi connectivity index (χ2n) is 4.73. The summed E-state index contributed by atoms with van der Waals surface area (Å²) in [5.74, 6) is -1.30. The Morgan fingerprint density at radius 3 is 2.76 bits per heavy atom. The predicted molar refractivity (Wildman–Crippen MR) is 78.0 cm³/mol. The van der Waals surface area contributed by atoms with E-state index in [9.17, 15) is 14.7 Å². The van der Waals surface area contributed by atoms with E-state index in [-0.39, 0.29) is 24.7 Å². The number of carbonyl (C=O) groups is 2. The van der Waals surface area contributed by atoms with Crippen LogP contribution in [0, 0.1) is 0 Å². The van der Waals surface area contributed by atoms with Gasteiger partial charge in [-0.3, -0.25) is 9.59 Å². The fourth-order valence-corrected chi connectivity index (χ4v) is 2.78. The second kappa shape index (κ2) is 5.42. The first kappa shape index (κ1) is 14.0. The quantitative estimate of drug-likeness (QED) is 0.651. The molecule has 1 saturated heterocycles. The Labute approximate surface area is 125 Å². The lowest BCUT2D eigenvalue weighted by molar-refractivity contribution is -0.129. The number of ether oxygens (including phenoxy) is 1. The summed E-state index contributed by atoms with van der Waals surface area (Å²) in [6.45, 7) is 0.323. The van der Waals surface area contributed by atoms with E-state index >= 15 is 0 Å². The number of carbonyl (C=O) groups excluding carboxylic acids is 2. The van der Waals surface area contributed by atoms with E-state index in [1.165, 1.54) is 4.90 Å². The molecule has 7 heteroatoms. The number of nitrogens with zero attached hydrogens (tertiary/aromatic N) is 1. The molecule has 2 aliphatic rings. The summed E-state index contributed by atoms with van der Waals surface area (Å²) in [4.78, 5) is 26.7. The molecule has 0 aromatic heterocycles. The maximum absolute atomic E-state index is 12.2. The Morgan fingerprint density at radius 2 is 2.14 bits per heavy atom. The number of nitrogens with one attached hydrogen (secondary N) is 1. The van der Waals surface area contributed by atoms with Crippen molar-refractivity contribution in [2.75, 3.05) is 24.9 Å². The average molecular weight is 306 g/mol. The van der Waals surface area contributed by atoms with Crippen LogP contribution in [-0.2, 0) is 14.3 Å². The summed E-state index contributed by atoms with van der Waals surface area (Å²) in [6.07, 6.45) is 1.96. The molecule has 6 nitrogen and oxygen atoms in total. The molecule has 1 unspecified atom stereocenters. The van der Waals surface area contributed by atoms with Crippen LogP contribution in [0.25, 0.3) is 0 Å². The molecular weight excluding hydrogens is 292 g/mol. The van der Waals surface area contributed by atoms with E-state index in [1.807, 2.05) is 18.4 Å². The van der Waals surface area contributed by atoms with Crippen molar-refractivity contribution < 1.29 is 19.4 Å². The van der Waals surface area contributed by atoms with Crippen LogP contribution in [0.5, 0.6) is 0 Å². The molecule has 0 spiro atoms. The minimum atomic E-state index is -0.594. The van der Waals surface area contributed by atoms with Gasteiger partial charge in [-0.1, -0.05) is 0 Å². The molecule has 2 amide bonds. The lowest BCUT2D eigenvalue weighted by Crippen LogP contribution is -2.32. The maximum Gasteiger partial charge on any atom is 0.265 e. The van der Waals surface area contributed by atoms with Crippen LogP contribution in [-0.4, -0.2) is 47.5 Å². The van der Waals surface area contributed by atoms with Crippen molar-refractivity contribution >= 4 is 29.3 Å². The van der Waals surface area contributed by atoms with Gasteiger partial charge in [0.1, 0.15) is 24.1 Å². The molecule has 0 aliphatic carbocycles. The minimum absolute atomic E-state index is 0.104. The van der Waals surface area contributed by atoms with Gasteiger partial charge in [0.2, 0.25) is 0 Å². The van der Waals surface area contributed by atoms with Crippen LogP contribution in [0.4, 0.5) is 5.69 Å². The molecule has 2 heterocycles. The third kappa shape index (κ3) is 2.38. The number of rotatable bonds is 3. The minimum Gasteiger partial charge on any atom is -0.509 e. The first-order chi connectivity index (χ1) is 10.1. The number of hydrogen-bond acceptors (Lipinski definition) is 5. The van der Waals surface area contributed by atoms with Gasteiger partial charge in [0, 0.05) is 10.6 Å². The fourth-order valence-electron chi connectivity index (χ4n) is 2.37. The van der Waals surface area contributed by atoms with Crippen molar-refractivity contribution in [3.63, 3.8) is 0 Å². The molecule has 3 rings (SSSR count). The third-order valence-corrected chi connectivity index (χ3v) is 4.25. The summed E-state index contributed by atoms with van der Waals surface area (Å²) < 4.78 is 5.10. The Kier molecular flexibility index (Phi) is 3.60. The van der Waals surface area contributed by atoms with Gasteiger partial charge in [0.25, 0.3) is 11.8 Å². The van der Waals surface area contributed by atoms with Gasteiger partial charge in [0.05, 0.1) is 6.61 Å². The number of thioether (sulfide) groups is 1. The number of amides is 2. The summed E-state index contributed by atoms with van der Waals surface area (Å²) >= 11 is 1.60. The van der Waals surface area contributed by atoms with Crippen molar-refractivity contribution in [1.29, 1.82) is 0 Å². The van der Waals surface area contributed by atoms with Crippen molar-refractivity contribution in [3.8, 4) is 0 Å². The number of aliphatic hydroxyl groups is 1. The Balaban J connectivity index is 1.78. The Morgan fingerprint density at radius 1 is 1.43 bits per heavy atom. The van der Waals surface area contributed by atoms with Gasteiger partial charge >= 0.3 is 0 Å². The number of aliphatic hydroxyl groups excluding tert-OH is 1. The number of benzene rings is 1. The zero-order valence-electron chi connectivity index (χ0n) is 11.3. The first-order valence-corrected chi connectivity index (χ1v) is 7.61. The summed E-state index contributed by atoms with van der Waals surface area (Å²) in [7, 11) is 0. The monoisotopic (exact) mass is 306 g/mol. The first-order valence-electron chi connectivity index (χ1n) is 6.39. The molecule has 0 radical (unpaired) electrons. The Hall–Kier alpha value is -1.99. The summed E-state index contributed by atoms with van der Waals surface area (Å²) in [6, 6.07) is 6.72. The normalized spacial score (nSPS) is 20.9. The molecule has 110 valence electrons. The van der Waals surface area contributed by atoms with E-state index in [0.29, 0.717) is 5.69 Å². The smallest absolute Gasteiger partial charge is 0.265 e. The topological polar surface area (TPSA) is 78.9 Å². The highest BCUT2D eigenvalue weighted by Gasteiger charge is 2.45. The number of fused-ring (bicyclic) bond motifs is 1. The molecule has 21 heavy (non-hydrogen) atoms. The summed E-state index contributed by atoms with van der Waals surface area (Å²) in [5, 5.41) is 12.7. The van der Waals surface area contributed by atoms with Crippen LogP contribution in [0.15, 0.2) is 40.5 Å². The molecule has 1 fully saturated rings. The van der Waals surface area contributed by atoms with Crippen LogP contribution >= 0.6 is 11.8 Å². The number of hydrogen-bond donors (Lipinski definition) is 2. The molecular formula is C14H14N2O4S.